The maximum Gasteiger partial charge on any atom is 0.238 e. The number of rotatable bonds is 8. The molecule has 1 unspecified atom stereocenters. The summed E-state index contributed by atoms with van der Waals surface area (Å²) in [5.41, 5.74) is 0. The molecule has 0 aromatic rings. The summed E-state index contributed by atoms with van der Waals surface area (Å²) in [4.78, 5) is 11.6. The minimum absolute atomic E-state index is 0.00181. The molecule has 3 N–H and O–H groups in total. The van der Waals surface area contributed by atoms with Crippen molar-refractivity contribution in [3.8, 4) is 0 Å². The van der Waals surface area contributed by atoms with Crippen molar-refractivity contribution in [2.45, 2.75) is 45.7 Å². The number of nitrogens with one attached hydrogen (secondary N) is 2. The Morgan fingerprint density at radius 2 is 1.94 bits per heavy atom. The molecule has 17 heavy (non-hydrogen) atoms. The van der Waals surface area contributed by atoms with Gasteiger partial charge in [-0.15, -0.1) is 0 Å². The summed E-state index contributed by atoms with van der Waals surface area (Å²) in [6.45, 7) is 4.90. The lowest BCUT2D eigenvalue weighted by atomic mass is 10.2. The van der Waals surface area contributed by atoms with E-state index >= 15 is 0 Å². The van der Waals surface area contributed by atoms with Crippen LogP contribution in [0.1, 0.15) is 33.6 Å². The molecule has 0 fully saturated rings. The predicted molar refractivity (Wildman–Crippen MR) is 66.0 cm³/mol. The Hall–Kier alpha value is -0.660. The van der Waals surface area contributed by atoms with Crippen molar-refractivity contribution in [1.82, 2.24) is 10.0 Å². The highest BCUT2D eigenvalue weighted by Gasteiger charge is 2.21. The van der Waals surface area contributed by atoms with E-state index in [1.807, 2.05) is 6.92 Å². The number of hydrogen-bond acceptors (Lipinski definition) is 4. The smallest absolute Gasteiger partial charge is 0.238 e. The molecule has 0 aromatic carbocycles. The molecule has 2 atom stereocenters. The van der Waals surface area contributed by atoms with Gasteiger partial charge in [0.25, 0.3) is 0 Å². The molecule has 0 aromatic heterocycles. The minimum atomic E-state index is -3.40. The van der Waals surface area contributed by atoms with E-state index < -0.39 is 22.0 Å². The van der Waals surface area contributed by atoms with Crippen LogP contribution in [0.15, 0.2) is 0 Å². The molecule has 0 aliphatic rings. The molecule has 0 saturated carbocycles. The second kappa shape index (κ2) is 7.62. The zero-order chi connectivity index (χ0) is 13.5. The van der Waals surface area contributed by atoms with Crippen molar-refractivity contribution in [3.63, 3.8) is 0 Å². The highest BCUT2D eigenvalue weighted by atomic mass is 32.2. The number of aliphatic hydroxyl groups excluding tert-OH is 1. The SMILES string of the molecule is CCCS(=O)(=O)NC(C)C(=O)N[C@@H](CC)CO. The van der Waals surface area contributed by atoms with Gasteiger partial charge in [-0.05, 0) is 19.8 Å². The van der Waals surface area contributed by atoms with Crippen LogP contribution in [-0.2, 0) is 14.8 Å². The number of carbonyl (C=O) groups excluding carboxylic acids is 1. The molecule has 0 aliphatic carbocycles. The molecular weight excluding hydrogens is 244 g/mol. The van der Waals surface area contributed by atoms with E-state index in [1.54, 1.807) is 6.92 Å². The average Bonchev–Trinajstić information content (AvgIpc) is 2.24. The molecule has 7 heteroatoms. The lowest BCUT2D eigenvalue weighted by molar-refractivity contribution is -0.123. The molecular formula is C10H22N2O4S. The van der Waals surface area contributed by atoms with E-state index in [9.17, 15) is 13.2 Å². The van der Waals surface area contributed by atoms with Crippen LogP contribution in [0.3, 0.4) is 0 Å². The van der Waals surface area contributed by atoms with E-state index in [-0.39, 0.29) is 18.4 Å². The van der Waals surface area contributed by atoms with Gasteiger partial charge in [0.15, 0.2) is 0 Å². The molecule has 0 aliphatic heterocycles. The molecule has 0 spiro atoms. The Labute approximate surface area is 103 Å². The van der Waals surface area contributed by atoms with Gasteiger partial charge in [0, 0.05) is 0 Å². The van der Waals surface area contributed by atoms with Gasteiger partial charge in [0.05, 0.1) is 24.4 Å². The van der Waals surface area contributed by atoms with Crippen molar-refractivity contribution in [1.29, 1.82) is 0 Å². The number of hydrogen-bond donors (Lipinski definition) is 3. The van der Waals surface area contributed by atoms with E-state index in [4.69, 9.17) is 5.11 Å². The summed E-state index contributed by atoms with van der Waals surface area (Å²) in [5.74, 6) is -0.424. The van der Waals surface area contributed by atoms with Gasteiger partial charge in [-0.3, -0.25) is 4.79 Å². The van der Waals surface area contributed by atoms with Crippen LogP contribution in [0.25, 0.3) is 0 Å². The quantitative estimate of drug-likeness (QED) is 0.556. The highest BCUT2D eigenvalue weighted by Crippen LogP contribution is 1.95. The summed E-state index contributed by atoms with van der Waals surface area (Å²) in [5, 5.41) is 11.5. The van der Waals surface area contributed by atoms with E-state index in [2.05, 4.69) is 10.0 Å². The second-order valence-electron chi connectivity index (χ2n) is 3.95. The summed E-state index contributed by atoms with van der Waals surface area (Å²) >= 11 is 0. The van der Waals surface area contributed by atoms with Crippen molar-refractivity contribution >= 4 is 15.9 Å². The first-order chi connectivity index (χ1) is 7.86. The lowest BCUT2D eigenvalue weighted by Crippen LogP contribution is -2.49. The lowest BCUT2D eigenvalue weighted by Gasteiger charge is -2.18. The van der Waals surface area contributed by atoms with Crippen LogP contribution >= 0.6 is 0 Å². The van der Waals surface area contributed by atoms with Crippen LogP contribution < -0.4 is 10.0 Å². The molecule has 1 amide bonds. The van der Waals surface area contributed by atoms with Gasteiger partial charge in [0.2, 0.25) is 15.9 Å². The normalized spacial score (nSPS) is 15.3. The predicted octanol–water partition coefficient (Wildman–Crippen LogP) is -0.409. The van der Waals surface area contributed by atoms with Crippen LogP contribution in [-0.4, -0.2) is 43.9 Å². The number of aliphatic hydroxyl groups is 1. The van der Waals surface area contributed by atoms with Crippen LogP contribution in [0.2, 0.25) is 0 Å². The van der Waals surface area contributed by atoms with E-state index in [0.717, 1.165) is 0 Å². The van der Waals surface area contributed by atoms with Gasteiger partial charge >= 0.3 is 0 Å². The zero-order valence-electron chi connectivity index (χ0n) is 10.6. The van der Waals surface area contributed by atoms with Crippen molar-refractivity contribution in [2.24, 2.45) is 0 Å². The first-order valence-electron chi connectivity index (χ1n) is 5.77. The topological polar surface area (TPSA) is 95.5 Å². The number of sulfonamides is 1. The van der Waals surface area contributed by atoms with Gasteiger partial charge in [-0.1, -0.05) is 13.8 Å². The molecule has 0 rings (SSSR count). The molecule has 0 radical (unpaired) electrons. The van der Waals surface area contributed by atoms with Gasteiger partial charge < -0.3 is 10.4 Å². The summed E-state index contributed by atoms with van der Waals surface area (Å²) in [6.07, 6.45) is 1.09. The maximum atomic E-state index is 11.6. The third-order valence-electron chi connectivity index (χ3n) is 2.28. The van der Waals surface area contributed by atoms with Crippen molar-refractivity contribution < 1.29 is 18.3 Å². The zero-order valence-corrected chi connectivity index (χ0v) is 11.4. The third kappa shape index (κ3) is 6.60. The molecule has 0 heterocycles. The first kappa shape index (κ1) is 16.3. The molecule has 0 bridgehead atoms. The number of amides is 1. The molecule has 0 saturated heterocycles. The third-order valence-corrected chi connectivity index (χ3v) is 3.94. The Morgan fingerprint density at radius 3 is 2.35 bits per heavy atom. The Kier molecular flexibility index (Phi) is 7.33. The second-order valence-corrected chi connectivity index (χ2v) is 5.83. The molecule has 6 nitrogen and oxygen atoms in total. The van der Waals surface area contributed by atoms with Gasteiger partial charge in [0.1, 0.15) is 0 Å². The number of carbonyl (C=O) groups is 1. The highest BCUT2D eigenvalue weighted by molar-refractivity contribution is 7.89. The standard InChI is InChI=1S/C10H22N2O4S/c1-4-6-17(15,16)12-8(3)10(14)11-9(5-2)7-13/h8-9,12-13H,4-7H2,1-3H3,(H,11,14)/t8?,9-/m0/s1. The minimum Gasteiger partial charge on any atom is -0.394 e. The van der Waals surface area contributed by atoms with E-state index in [1.165, 1.54) is 6.92 Å². The Balaban J connectivity index is 4.32. The van der Waals surface area contributed by atoms with Crippen molar-refractivity contribution in [3.05, 3.63) is 0 Å². The van der Waals surface area contributed by atoms with Gasteiger partial charge in [-0.25, -0.2) is 13.1 Å². The fourth-order valence-corrected chi connectivity index (χ4v) is 2.55. The fourth-order valence-electron chi connectivity index (χ4n) is 1.25. The maximum absolute atomic E-state index is 11.6. The fraction of sp³-hybridized carbons (Fsp3) is 0.900. The monoisotopic (exact) mass is 266 g/mol. The largest absolute Gasteiger partial charge is 0.394 e. The van der Waals surface area contributed by atoms with Crippen molar-refractivity contribution in [2.75, 3.05) is 12.4 Å². The summed E-state index contributed by atoms with van der Waals surface area (Å²) < 4.78 is 25.1. The summed E-state index contributed by atoms with van der Waals surface area (Å²) in [7, 11) is -3.40. The van der Waals surface area contributed by atoms with E-state index in [0.29, 0.717) is 12.8 Å². The van der Waals surface area contributed by atoms with Gasteiger partial charge in [-0.2, -0.15) is 0 Å². The van der Waals surface area contributed by atoms with Crippen LogP contribution in [0.4, 0.5) is 0 Å². The molecule has 102 valence electrons. The summed E-state index contributed by atoms with van der Waals surface area (Å²) in [6, 6.07) is -1.16. The first-order valence-corrected chi connectivity index (χ1v) is 7.42. The Morgan fingerprint density at radius 1 is 1.35 bits per heavy atom. The van der Waals surface area contributed by atoms with Crippen LogP contribution in [0, 0.1) is 0 Å². The Bertz CT molecular complexity index is 325. The average molecular weight is 266 g/mol. The van der Waals surface area contributed by atoms with Crippen LogP contribution in [0.5, 0.6) is 0 Å².